The Bertz CT molecular complexity index is 421. The number of Topliss-reactive ketones (excluding diaryl/α,β-unsaturated/α-hetero) is 1. The Hall–Kier alpha value is -1.37. The quantitative estimate of drug-likeness (QED) is 0.636. The van der Waals surface area contributed by atoms with E-state index in [0.717, 1.165) is 6.42 Å². The number of allylic oxidation sites excluding steroid dienone is 2. The molecule has 19 heavy (non-hydrogen) atoms. The van der Waals surface area contributed by atoms with Crippen LogP contribution in [0, 0.1) is 5.41 Å². The van der Waals surface area contributed by atoms with E-state index in [0.29, 0.717) is 11.8 Å². The molecular weight excluding hydrogens is 232 g/mol. The Morgan fingerprint density at radius 1 is 1.16 bits per heavy atom. The molecule has 0 N–H and O–H groups in total. The molecule has 1 aromatic rings. The number of hydrogen-bond acceptors (Lipinski definition) is 1. The molecule has 0 unspecified atom stereocenters. The maximum absolute atomic E-state index is 11.4. The van der Waals surface area contributed by atoms with E-state index < -0.39 is 0 Å². The Balaban J connectivity index is 2.67. The minimum atomic E-state index is 0.228. The van der Waals surface area contributed by atoms with E-state index in [2.05, 4.69) is 39.0 Å². The van der Waals surface area contributed by atoms with Crippen LogP contribution in [-0.4, -0.2) is 5.78 Å². The molecule has 0 aromatic heterocycles. The van der Waals surface area contributed by atoms with Gasteiger partial charge in [0.15, 0.2) is 0 Å². The lowest BCUT2D eigenvalue weighted by molar-refractivity contribution is -0.116. The summed E-state index contributed by atoms with van der Waals surface area (Å²) in [6.45, 7) is 8.46. The van der Waals surface area contributed by atoms with Crippen LogP contribution < -0.4 is 0 Å². The summed E-state index contributed by atoms with van der Waals surface area (Å²) in [7, 11) is 0. The second-order valence-electron chi connectivity index (χ2n) is 6.43. The van der Waals surface area contributed by atoms with Gasteiger partial charge in [0.2, 0.25) is 0 Å². The minimum Gasteiger partial charge on any atom is -0.300 e. The monoisotopic (exact) mass is 258 g/mol. The smallest absolute Gasteiger partial charge is 0.134 e. The average Bonchev–Trinajstić information content (AvgIpc) is 2.32. The first kappa shape index (κ1) is 15.7. The first-order valence-electron chi connectivity index (χ1n) is 7.12. The molecule has 1 heteroatoms. The van der Waals surface area contributed by atoms with Gasteiger partial charge in [-0.3, -0.25) is 4.79 Å². The molecule has 0 spiro atoms. The van der Waals surface area contributed by atoms with E-state index >= 15 is 0 Å². The van der Waals surface area contributed by atoms with E-state index in [9.17, 15) is 4.79 Å². The zero-order valence-electron chi connectivity index (χ0n) is 12.7. The molecule has 0 fully saturated rings. The fraction of sp³-hybridized carbons (Fsp3) is 0.500. The van der Waals surface area contributed by atoms with Gasteiger partial charge in [0.25, 0.3) is 0 Å². The lowest BCUT2D eigenvalue weighted by atomic mass is 9.89. The molecule has 0 amide bonds. The summed E-state index contributed by atoms with van der Waals surface area (Å²) in [6, 6.07) is 10.2. The van der Waals surface area contributed by atoms with Gasteiger partial charge >= 0.3 is 0 Å². The van der Waals surface area contributed by atoms with Crippen LogP contribution in [0.4, 0.5) is 0 Å². The highest BCUT2D eigenvalue weighted by molar-refractivity contribution is 5.88. The normalized spacial score (nSPS) is 12.5. The van der Waals surface area contributed by atoms with E-state index in [-0.39, 0.29) is 5.78 Å². The van der Waals surface area contributed by atoms with Crippen molar-refractivity contribution in [1.82, 2.24) is 0 Å². The fourth-order valence-corrected chi connectivity index (χ4v) is 2.12. The minimum absolute atomic E-state index is 0.228. The Morgan fingerprint density at radius 3 is 2.32 bits per heavy atom. The second-order valence-corrected chi connectivity index (χ2v) is 6.43. The standard InChI is InChI=1S/C18H26O/c1-15(19)14-17(16-10-6-5-7-11-16)12-8-9-13-18(2,3)4/h5-7,10-12H,8-9,13-14H2,1-4H3/b17-12-. The highest BCUT2D eigenvalue weighted by Gasteiger charge is 2.09. The lowest BCUT2D eigenvalue weighted by Crippen LogP contribution is -2.03. The first-order chi connectivity index (χ1) is 8.88. The van der Waals surface area contributed by atoms with Gasteiger partial charge in [-0.15, -0.1) is 0 Å². The summed E-state index contributed by atoms with van der Waals surface area (Å²) in [5.74, 6) is 0.228. The van der Waals surface area contributed by atoms with Gasteiger partial charge < -0.3 is 0 Å². The van der Waals surface area contributed by atoms with Crippen LogP contribution in [0.3, 0.4) is 0 Å². The van der Waals surface area contributed by atoms with Crippen LogP contribution in [0.25, 0.3) is 5.57 Å². The molecule has 0 saturated carbocycles. The third kappa shape index (κ3) is 6.95. The van der Waals surface area contributed by atoms with Gasteiger partial charge in [-0.1, -0.05) is 57.2 Å². The van der Waals surface area contributed by atoms with E-state index in [4.69, 9.17) is 0 Å². The summed E-state index contributed by atoms with van der Waals surface area (Å²) in [4.78, 5) is 11.4. The van der Waals surface area contributed by atoms with Crippen LogP contribution in [0.5, 0.6) is 0 Å². The molecule has 0 aliphatic heterocycles. The molecule has 0 heterocycles. The van der Waals surface area contributed by atoms with Crippen LogP contribution in [0.15, 0.2) is 36.4 Å². The van der Waals surface area contributed by atoms with Gasteiger partial charge in [-0.05, 0) is 42.7 Å². The Kier molecular flexibility index (Phi) is 6.01. The van der Waals surface area contributed by atoms with Gasteiger partial charge in [-0.2, -0.15) is 0 Å². The van der Waals surface area contributed by atoms with Crippen molar-refractivity contribution in [3.63, 3.8) is 0 Å². The zero-order valence-corrected chi connectivity index (χ0v) is 12.7. The van der Waals surface area contributed by atoms with Crippen LogP contribution in [0.2, 0.25) is 0 Å². The molecule has 0 aliphatic rings. The maximum atomic E-state index is 11.4. The van der Waals surface area contributed by atoms with E-state index in [1.807, 2.05) is 18.2 Å². The van der Waals surface area contributed by atoms with E-state index in [1.54, 1.807) is 6.92 Å². The molecule has 1 aromatic carbocycles. The summed E-state index contributed by atoms with van der Waals surface area (Å²) >= 11 is 0. The van der Waals surface area contributed by atoms with Crippen molar-refractivity contribution in [2.24, 2.45) is 5.41 Å². The molecule has 0 atom stereocenters. The first-order valence-corrected chi connectivity index (χ1v) is 7.12. The Labute approximate surface area is 117 Å². The van der Waals surface area contributed by atoms with Crippen molar-refractivity contribution in [2.75, 3.05) is 0 Å². The molecule has 104 valence electrons. The number of unbranched alkanes of at least 4 members (excludes halogenated alkanes) is 1. The maximum Gasteiger partial charge on any atom is 0.134 e. The highest BCUT2D eigenvalue weighted by Crippen LogP contribution is 2.24. The second kappa shape index (κ2) is 7.28. The molecule has 0 radical (unpaired) electrons. The molecule has 0 aliphatic carbocycles. The number of ketones is 1. The third-order valence-corrected chi connectivity index (χ3v) is 3.11. The Morgan fingerprint density at radius 2 is 1.79 bits per heavy atom. The number of rotatable bonds is 6. The third-order valence-electron chi connectivity index (χ3n) is 3.11. The van der Waals surface area contributed by atoms with Crippen molar-refractivity contribution in [3.05, 3.63) is 42.0 Å². The summed E-state index contributed by atoms with van der Waals surface area (Å²) in [5, 5.41) is 0. The molecular formula is C18H26O. The summed E-state index contributed by atoms with van der Waals surface area (Å²) in [6.07, 6.45) is 6.22. The van der Waals surface area contributed by atoms with Gasteiger partial charge in [-0.25, -0.2) is 0 Å². The molecule has 1 rings (SSSR count). The predicted octanol–water partition coefficient (Wildman–Crippen LogP) is 5.27. The van der Waals surface area contributed by atoms with Crippen molar-refractivity contribution in [3.8, 4) is 0 Å². The molecule has 0 bridgehead atoms. The number of carbonyl (C=O) groups is 1. The highest BCUT2D eigenvalue weighted by atomic mass is 16.1. The van der Waals surface area contributed by atoms with E-state index in [1.165, 1.54) is 24.0 Å². The van der Waals surface area contributed by atoms with Crippen molar-refractivity contribution in [2.45, 2.75) is 53.4 Å². The van der Waals surface area contributed by atoms with Gasteiger partial charge in [0.1, 0.15) is 5.78 Å². The van der Waals surface area contributed by atoms with Gasteiger partial charge in [0, 0.05) is 6.42 Å². The summed E-state index contributed by atoms with van der Waals surface area (Å²) in [5.41, 5.74) is 2.73. The molecule has 1 nitrogen and oxygen atoms in total. The number of carbonyl (C=O) groups excluding carboxylic acids is 1. The van der Waals surface area contributed by atoms with Crippen LogP contribution in [-0.2, 0) is 4.79 Å². The van der Waals surface area contributed by atoms with Crippen LogP contribution >= 0.6 is 0 Å². The van der Waals surface area contributed by atoms with Crippen molar-refractivity contribution < 1.29 is 4.79 Å². The van der Waals surface area contributed by atoms with Crippen molar-refractivity contribution in [1.29, 1.82) is 0 Å². The zero-order chi connectivity index (χ0) is 14.3. The van der Waals surface area contributed by atoms with Crippen molar-refractivity contribution >= 4 is 11.4 Å². The number of hydrogen-bond donors (Lipinski definition) is 0. The largest absolute Gasteiger partial charge is 0.300 e. The summed E-state index contributed by atoms with van der Waals surface area (Å²) < 4.78 is 0. The SMILES string of the molecule is CC(=O)C/C(=C/CCCC(C)(C)C)c1ccccc1. The topological polar surface area (TPSA) is 17.1 Å². The predicted molar refractivity (Wildman–Crippen MR) is 83.0 cm³/mol. The lowest BCUT2D eigenvalue weighted by Gasteiger charge is -2.17. The van der Waals surface area contributed by atoms with Gasteiger partial charge in [0.05, 0.1) is 0 Å². The average molecular weight is 258 g/mol. The number of benzene rings is 1. The fourth-order valence-electron chi connectivity index (χ4n) is 2.12. The molecule has 0 saturated heterocycles. The van der Waals surface area contributed by atoms with Crippen LogP contribution in [0.1, 0.15) is 58.9 Å².